The highest BCUT2D eigenvalue weighted by Crippen LogP contribution is 2.22. The first-order chi connectivity index (χ1) is 10.1. The van der Waals surface area contributed by atoms with Gasteiger partial charge in [0.1, 0.15) is 0 Å². The highest BCUT2D eigenvalue weighted by molar-refractivity contribution is 7.99. The lowest BCUT2D eigenvalue weighted by Gasteiger charge is -2.34. The summed E-state index contributed by atoms with van der Waals surface area (Å²) in [6, 6.07) is 7.77. The molecule has 1 heterocycles. The smallest absolute Gasteiger partial charge is 0.222 e. The van der Waals surface area contributed by atoms with Crippen LogP contribution in [-0.2, 0) is 4.79 Å². The van der Waals surface area contributed by atoms with E-state index in [-0.39, 0.29) is 17.9 Å². The van der Waals surface area contributed by atoms with Crippen molar-refractivity contribution in [2.75, 3.05) is 18.8 Å². The average molecular weight is 328 g/mol. The van der Waals surface area contributed by atoms with Gasteiger partial charge in [-0.15, -0.1) is 11.8 Å². The lowest BCUT2D eigenvalue weighted by atomic mass is 9.96. The molecule has 0 radical (unpaired) electrons. The molecule has 1 amide bonds. The first-order valence-electron chi connectivity index (χ1n) is 7.40. The molecule has 1 saturated heterocycles. The molecule has 0 aliphatic carbocycles. The average Bonchev–Trinajstić information content (AvgIpc) is 2.48. The molecule has 1 aromatic rings. The van der Waals surface area contributed by atoms with Crippen LogP contribution < -0.4 is 0 Å². The van der Waals surface area contributed by atoms with Gasteiger partial charge in [0.15, 0.2) is 0 Å². The molecule has 1 fully saturated rings. The molecule has 2 unspecified atom stereocenters. The van der Waals surface area contributed by atoms with Crippen LogP contribution in [0.4, 0.5) is 0 Å². The second-order valence-corrected chi connectivity index (χ2v) is 7.18. The predicted octanol–water partition coefficient (Wildman–Crippen LogP) is 3.44. The molecule has 0 aromatic heterocycles. The first-order valence-corrected chi connectivity index (χ1v) is 8.77. The maximum atomic E-state index is 12.1. The molecule has 3 nitrogen and oxygen atoms in total. The number of benzene rings is 1. The normalized spacial score (nSPS) is 22.3. The highest BCUT2D eigenvalue weighted by Gasteiger charge is 2.26. The minimum Gasteiger partial charge on any atom is -0.393 e. The summed E-state index contributed by atoms with van der Waals surface area (Å²) >= 11 is 7.59. The molecule has 1 aliphatic heterocycles. The van der Waals surface area contributed by atoms with Crippen molar-refractivity contribution in [1.82, 2.24) is 4.90 Å². The second kappa shape index (κ2) is 8.06. The number of rotatable bonds is 5. The minimum atomic E-state index is -0.255. The second-order valence-electron chi connectivity index (χ2n) is 5.58. The van der Waals surface area contributed by atoms with Crippen molar-refractivity contribution in [1.29, 1.82) is 0 Å². The molecule has 116 valence electrons. The zero-order valence-electron chi connectivity index (χ0n) is 12.3. The van der Waals surface area contributed by atoms with Gasteiger partial charge in [-0.05, 0) is 48.8 Å². The van der Waals surface area contributed by atoms with Crippen molar-refractivity contribution in [3.8, 4) is 0 Å². The van der Waals surface area contributed by atoms with Gasteiger partial charge in [0.05, 0.1) is 6.10 Å². The number of halogens is 1. The Morgan fingerprint density at radius 2 is 2.14 bits per heavy atom. The standard InChI is InChI=1S/C16H22ClNO2S/c1-12-11-18(9-8-15(12)19)16(20)3-2-10-21-14-6-4-13(17)5-7-14/h4-7,12,15,19H,2-3,8-11H2,1H3. The number of nitrogens with zero attached hydrogens (tertiary/aromatic N) is 1. The maximum Gasteiger partial charge on any atom is 0.222 e. The molecule has 1 aromatic carbocycles. The molecule has 0 bridgehead atoms. The highest BCUT2D eigenvalue weighted by atomic mass is 35.5. The van der Waals surface area contributed by atoms with Crippen LogP contribution in [0.25, 0.3) is 0 Å². The Morgan fingerprint density at radius 1 is 1.43 bits per heavy atom. The van der Waals surface area contributed by atoms with Crippen molar-refractivity contribution in [2.45, 2.75) is 37.2 Å². The van der Waals surface area contributed by atoms with Gasteiger partial charge in [0.2, 0.25) is 5.91 Å². The molecule has 2 atom stereocenters. The van der Waals surface area contributed by atoms with Crippen molar-refractivity contribution < 1.29 is 9.90 Å². The summed E-state index contributed by atoms with van der Waals surface area (Å²) in [6.45, 7) is 3.37. The van der Waals surface area contributed by atoms with Gasteiger partial charge in [0.25, 0.3) is 0 Å². The molecule has 2 rings (SSSR count). The van der Waals surface area contributed by atoms with Crippen LogP contribution in [0.5, 0.6) is 0 Å². The summed E-state index contributed by atoms with van der Waals surface area (Å²) in [5, 5.41) is 10.4. The van der Waals surface area contributed by atoms with Crippen LogP contribution in [0.1, 0.15) is 26.2 Å². The quantitative estimate of drug-likeness (QED) is 0.665. The van der Waals surface area contributed by atoms with E-state index in [1.807, 2.05) is 36.1 Å². The fourth-order valence-electron chi connectivity index (χ4n) is 2.46. The molecule has 0 spiro atoms. The number of piperidine rings is 1. The number of thioether (sulfide) groups is 1. The third-order valence-corrected chi connectivity index (χ3v) is 5.18. The molecular weight excluding hydrogens is 306 g/mol. The number of carbonyl (C=O) groups is 1. The van der Waals surface area contributed by atoms with Crippen molar-refractivity contribution in [3.63, 3.8) is 0 Å². The number of hydrogen-bond acceptors (Lipinski definition) is 3. The van der Waals surface area contributed by atoms with Gasteiger partial charge in [0, 0.05) is 29.4 Å². The van der Waals surface area contributed by atoms with Gasteiger partial charge in [-0.1, -0.05) is 18.5 Å². The molecule has 1 N–H and O–H groups in total. The summed E-state index contributed by atoms with van der Waals surface area (Å²) in [6.07, 6.45) is 1.91. The SMILES string of the molecule is CC1CN(C(=O)CCCSc2ccc(Cl)cc2)CCC1O. The topological polar surface area (TPSA) is 40.5 Å². The third kappa shape index (κ3) is 5.20. The van der Waals surface area contributed by atoms with Crippen molar-refractivity contribution in [3.05, 3.63) is 29.3 Å². The van der Waals surface area contributed by atoms with Crippen LogP contribution >= 0.6 is 23.4 Å². The van der Waals surface area contributed by atoms with Crippen LogP contribution in [0.2, 0.25) is 5.02 Å². The summed E-state index contributed by atoms with van der Waals surface area (Å²) in [7, 11) is 0. The molecule has 0 saturated carbocycles. The third-order valence-electron chi connectivity index (χ3n) is 3.83. The van der Waals surface area contributed by atoms with Crippen molar-refractivity contribution in [2.24, 2.45) is 5.92 Å². The Balaban J connectivity index is 1.66. The van der Waals surface area contributed by atoms with Gasteiger partial charge < -0.3 is 10.0 Å². The van der Waals surface area contributed by atoms with E-state index in [2.05, 4.69) is 0 Å². The van der Waals surface area contributed by atoms with Gasteiger partial charge >= 0.3 is 0 Å². The van der Waals surface area contributed by atoms with E-state index in [9.17, 15) is 9.90 Å². The Morgan fingerprint density at radius 3 is 2.81 bits per heavy atom. The van der Waals surface area contributed by atoms with E-state index in [4.69, 9.17) is 11.6 Å². The molecule has 21 heavy (non-hydrogen) atoms. The first kappa shape index (κ1) is 16.7. The largest absolute Gasteiger partial charge is 0.393 e. The van der Waals surface area contributed by atoms with Crippen LogP contribution in [0.15, 0.2) is 29.2 Å². The van der Waals surface area contributed by atoms with E-state index in [0.29, 0.717) is 25.9 Å². The molecular formula is C16H22ClNO2S. The lowest BCUT2D eigenvalue weighted by Crippen LogP contribution is -2.44. The number of aliphatic hydroxyl groups is 1. The van der Waals surface area contributed by atoms with E-state index in [1.54, 1.807) is 11.8 Å². The van der Waals surface area contributed by atoms with Gasteiger partial charge in [-0.2, -0.15) is 0 Å². The number of hydrogen-bond donors (Lipinski definition) is 1. The van der Waals surface area contributed by atoms with Crippen LogP contribution in [-0.4, -0.2) is 40.9 Å². The monoisotopic (exact) mass is 327 g/mol. The van der Waals surface area contributed by atoms with Gasteiger partial charge in [-0.25, -0.2) is 0 Å². The predicted molar refractivity (Wildman–Crippen MR) is 87.8 cm³/mol. The Bertz CT molecular complexity index is 466. The van der Waals surface area contributed by atoms with Crippen molar-refractivity contribution >= 4 is 29.3 Å². The fraction of sp³-hybridized carbons (Fsp3) is 0.562. The maximum absolute atomic E-state index is 12.1. The summed E-state index contributed by atoms with van der Waals surface area (Å²) in [4.78, 5) is 15.2. The molecule has 1 aliphatic rings. The number of carbonyl (C=O) groups excluding carboxylic acids is 1. The number of aliphatic hydroxyl groups excluding tert-OH is 1. The molecule has 5 heteroatoms. The summed E-state index contributed by atoms with van der Waals surface area (Å²) < 4.78 is 0. The Labute approximate surface area is 135 Å². The van der Waals surface area contributed by atoms with E-state index in [0.717, 1.165) is 17.2 Å². The fourth-order valence-corrected chi connectivity index (χ4v) is 3.44. The van der Waals surface area contributed by atoms with Gasteiger partial charge in [-0.3, -0.25) is 4.79 Å². The van der Waals surface area contributed by atoms with Crippen LogP contribution in [0, 0.1) is 5.92 Å². The van der Waals surface area contributed by atoms with Crippen LogP contribution in [0.3, 0.4) is 0 Å². The van der Waals surface area contributed by atoms with E-state index in [1.165, 1.54) is 4.90 Å². The Kier molecular flexibility index (Phi) is 6.40. The van der Waals surface area contributed by atoms with E-state index >= 15 is 0 Å². The lowest BCUT2D eigenvalue weighted by molar-refractivity contribution is -0.134. The summed E-state index contributed by atoms with van der Waals surface area (Å²) in [5.74, 6) is 1.33. The van der Waals surface area contributed by atoms with E-state index < -0.39 is 0 Å². The zero-order valence-corrected chi connectivity index (χ0v) is 13.9. The minimum absolute atomic E-state index is 0.186. The summed E-state index contributed by atoms with van der Waals surface area (Å²) in [5.41, 5.74) is 0. The zero-order chi connectivity index (χ0) is 15.2. The Hall–Kier alpha value is -0.710. The number of amides is 1. The number of likely N-dealkylation sites (tertiary alicyclic amines) is 1.